The van der Waals surface area contributed by atoms with E-state index in [1.807, 2.05) is 0 Å². The quantitative estimate of drug-likeness (QED) is 0.440. The van der Waals surface area contributed by atoms with Crippen LogP contribution in [-0.4, -0.2) is 33.4 Å². The topological polar surface area (TPSA) is 80.1 Å². The maximum Gasteiger partial charge on any atom is 0.285 e. The van der Waals surface area contributed by atoms with Crippen LogP contribution in [0.15, 0.2) is 12.1 Å². The predicted molar refractivity (Wildman–Crippen MR) is 63.0 cm³/mol. The van der Waals surface area contributed by atoms with Gasteiger partial charge in [0.1, 0.15) is 17.1 Å². The summed E-state index contributed by atoms with van der Waals surface area (Å²) in [6.07, 6.45) is -0.883. The monoisotopic (exact) mass is 257 g/mol. The van der Waals surface area contributed by atoms with E-state index in [2.05, 4.69) is 0 Å². The van der Waals surface area contributed by atoms with Gasteiger partial charge in [-0.1, -0.05) is 0 Å². The SMILES string of the molecule is COc1cc(OC)c(C(OC)OC)c([N+](=O)[O-])c1. The predicted octanol–water partition coefficient (Wildman–Crippen LogP) is 1.90. The van der Waals surface area contributed by atoms with Gasteiger partial charge in [0.15, 0.2) is 6.29 Å². The van der Waals surface area contributed by atoms with E-state index in [4.69, 9.17) is 18.9 Å². The van der Waals surface area contributed by atoms with Crippen LogP contribution in [0, 0.1) is 10.1 Å². The molecule has 0 aliphatic rings. The van der Waals surface area contributed by atoms with Gasteiger partial charge in [-0.05, 0) is 0 Å². The molecule has 0 radical (unpaired) electrons. The molecule has 7 nitrogen and oxygen atoms in total. The molecule has 0 aromatic heterocycles. The fraction of sp³-hybridized carbons (Fsp3) is 0.455. The van der Waals surface area contributed by atoms with Gasteiger partial charge in [0.2, 0.25) is 0 Å². The van der Waals surface area contributed by atoms with Crippen LogP contribution in [0.25, 0.3) is 0 Å². The Hall–Kier alpha value is -1.86. The molecule has 1 aromatic rings. The van der Waals surface area contributed by atoms with E-state index in [9.17, 15) is 10.1 Å². The minimum atomic E-state index is -0.883. The molecule has 0 fully saturated rings. The molecule has 100 valence electrons. The molecule has 0 amide bonds. The molecule has 18 heavy (non-hydrogen) atoms. The average molecular weight is 257 g/mol. The second kappa shape index (κ2) is 6.18. The number of hydrogen-bond donors (Lipinski definition) is 0. The van der Waals surface area contributed by atoms with Gasteiger partial charge in [-0.2, -0.15) is 0 Å². The Balaban J connectivity index is 3.48. The highest BCUT2D eigenvalue weighted by Gasteiger charge is 2.28. The molecule has 0 aliphatic carbocycles. The summed E-state index contributed by atoms with van der Waals surface area (Å²) in [6.45, 7) is 0. The summed E-state index contributed by atoms with van der Waals surface area (Å²) in [7, 11) is 5.61. The van der Waals surface area contributed by atoms with Crippen LogP contribution in [-0.2, 0) is 9.47 Å². The van der Waals surface area contributed by atoms with Crippen LogP contribution >= 0.6 is 0 Å². The highest BCUT2D eigenvalue weighted by Crippen LogP contribution is 2.39. The first-order valence-electron chi connectivity index (χ1n) is 5.04. The van der Waals surface area contributed by atoms with Crippen molar-refractivity contribution < 1.29 is 23.9 Å². The molecular weight excluding hydrogens is 242 g/mol. The number of hydrogen-bond acceptors (Lipinski definition) is 6. The third-order valence-electron chi connectivity index (χ3n) is 2.41. The summed E-state index contributed by atoms with van der Waals surface area (Å²) in [4.78, 5) is 10.5. The zero-order valence-electron chi connectivity index (χ0n) is 10.6. The Bertz CT molecular complexity index is 430. The lowest BCUT2D eigenvalue weighted by Gasteiger charge is -2.17. The van der Waals surface area contributed by atoms with Gasteiger partial charge in [0, 0.05) is 20.3 Å². The number of benzene rings is 1. The molecule has 0 spiro atoms. The van der Waals surface area contributed by atoms with Crippen molar-refractivity contribution in [2.75, 3.05) is 28.4 Å². The highest BCUT2D eigenvalue weighted by molar-refractivity contribution is 5.55. The van der Waals surface area contributed by atoms with Crippen LogP contribution in [0.5, 0.6) is 11.5 Å². The Labute approximate surface area is 104 Å². The standard InChI is InChI=1S/C11H15NO6/c1-15-7-5-8(12(13)14)10(9(6-7)16-2)11(17-3)18-4/h5-6,11H,1-4H3. The maximum absolute atomic E-state index is 11.1. The molecule has 0 saturated carbocycles. The highest BCUT2D eigenvalue weighted by atomic mass is 16.7. The van der Waals surface area contributed by atoms with E-state index in [-0.39, 0.29) is 17.0 Å². The third kappa shape index (κ3) is 2.69. The van der Waals surface area contributed by atoms with Crippen molar-refractivity contribution in [1.82, 2.24) is 0 Å². The van der Waals surface area contributed by atoms with Crippen molar-refractivity contribution in [2.45, 2.75) is 6.29 Å². The van der Waals surface area contributed by atoms with Crippen molar-refractivity contribution in [3.63, 3.8) is 0 Å². The Morgan fingerprint density at radius 1 is 1.11 bits per heavy atom. The van der Waals surface area contributed by atoms with E-state index in [0.29, 0.717) is 5.75 Å². The second-order valence-electron chi connectivity index (χ2n) is 3.32. The molecule has 0 N–H and O–H groups in total. The smallest absolute Gasteiger partial charge is 0.285 e. The Morgan fingerprint density at radius 3 is 2.11 bits per heavy atom. The van der Waals surface area contributed by atoms with Gasteiger partial charge >= 0.3 is 0 Å². The van der Waals surface area contributed by atoms with Crippen molar-refractivity contribution >= 4 is 5.69 Å². The van der Waals surface area contributed by atoms with Gasteiger partial charge < -0.3 is 18.9 Å². The minimum absolute atomic E-state index is 0.181. The molecule has 0 aliphatic heterocycles. The molecule has 0 bridgehead atoms. The van der Waals surface area contributed by atoms with Gasteiger partial charge in [-0.25, -0.2) is 0 Å². The summed E-state index contributed by atoms with van der Waals surface area (Å²) >= 11 is 0. The first-order chi connectivity index (χ1) is 8.58. The molecule has 1 rings (SSSR count). The molecule has 7 heteroatoms. The van der Waals surface area contributed by atoms with Crippen molar-refractivity contribution in [1.29, 1.82) is 0 Å². The molecule has 0 saturated heterocycles. The largest absolute Gasteiger partial charge is 0.496 e. The van der Waals surface area contributed by atoms with Gasteiger partial charge in [0.25, 0.3) is 5.69 Å². The number of ether oxygens (including phenoxy) is 4. The van der Waals surface area contributed by atoms with Crippen LogP contribution in [0.3, 0.4) is 0 Å². The maximum atomic E-state index is 11.1. The lowest BCUT2D eigenvalue weighted by Crippen LogP contribution is -2.09. The lowest BCUT2D eigenvalue weighted by atomic mass is 10.1. The Morgan fingerprint density at radius 2 is 1.72 bits per heavy atom. The van der Waals surface area contributed by atoms with Crippen molar-refractivity contribution in [3.05, 3.63) is 27.8 Å². The summed E-state index contributed by atoms with van der Waals surface area (Å²) in [5.74, 6) is 0.600. The first-order valence-corrected chi connectivity index (χ1v) is 5.04. The van der Waals surface area contributed by atoms with E-state index in [0.717, 1.165) is 0 Å². The zero-order chi connectivity index (χ0) is 13.7. The van der Waals surface area contributed by atoms with E-state index in [1.54, 1.807) is 0 Å². The second-order valence-corrected chi connectivity index (χ2v) is 3.32. The molecule has 0 atom stereocenters. The number of nitro benzene ring substituents is 1. The van der Waals surface area contributed by atoms with Crippen molar-refractivity contribution in [3.8, 4) is 11.5 Å². The fourth-order valence-electron chi connectivity index (χ4n) is 1.59. The van der Waals surface area contributed by atoms with E-state index >= 15 is 0 Å². The van der Waals surface area contributed by atoms with E-state index < -0.39 is 11.2 Å². The minimum Gasteiger partial charge on any atom is -0.496 e. The molecular formula is C11H15NO6. The normalized spacial score (nSPS) is 10.5. The summed E-state index contributed by atoms with van der Waals surface area (Å²) in [5.41, 5.74) is 0.0354. The number of nitrogens with zero attached hydrogens (tertiary/aromatic N) is 1. The van der Waals surface area contributed by atoms with Crippen LogP contribution in [0.2, 0.25) is 0 Å². The van der Waals surface area contributed by atoms with Gasteiger partial charge in [0.05, 0.1) is 25.2 Å². The number of methoxy groups -OCH3 is 4. The van der Waals surface area contributed by atoms with Crippen LogP contribution in [0.4, 0.5) is 5.69 Å². The van der Waals surface area contributed by atoms with Gasteiger partial charge in [-0.3, -0.25) is 10.1 Å². The third-order valence-corrected chi connectivity index (χ3v) is 2.41. The van der Waals surface area contributed by atoms with Crippen LogP contribution in [0.1, 0.15) is 11.9 Å². The Kier molecular flexibility index (Phi) is 4.87. The zero-order valence-corrected chi connectivity index (χ0v) is 10.6. The number of nitro groups is 1. The first kappa shape index (κ1) is 14.2. The fourth-order valence-corrected chi connectivity index (χ4v) is 1.59. The summed E-state index contributed by atoms with van der Waals surface area (Å²) in [6, 6.07) is 2.83. The van der Waals surface area contributed by atoms with Crippen molar-refractivity contribution in [2.24, 2.45) is 0 Å². The summed E-state index contributed by atoms with van der Waals surface area (Å²) in [5, 5.41) is 11.1. The lowest BCUT2D eigenvalue weighted by molar-refractivity contribution is -0.387. The molecule has 1 aromatic carbocycles. The molecule has 0 heterocycles. The number of rotatable bonds is 6. The van der Waals surface area contributed by atoms with Crippen LogP contribution < -0.4 is 9.47 Å². The van der Waals surface area contributed by atoms with E-state index in [1.165, 1.54) is 40.6 Å². The van der Waals surface area contributed by atoms with Gasteiger partial charge in [-0.15, -0.1) is 0 Å². The molecule has 0 unspecified atom stereocenters. The average Bonchev–Trinajstić information content (AvgIpc) is 2.39. The summed E-state index contributed by atoms with van der Waals surface area (Å²) < 4.78 is 20.2.